The van der Waals surface area contributed by atoms with Gasteiger partial charge in [-0.15, -0.1) is 5.06 Å². The zero-order valence-electron chi connectivity index (χ0n) is 14.0. The van der Waals surface area contributed by atoms with Gasteiger partial charge in [-0.05, 0) is 25.3 Å². The number of methoxy groups -OCH3 is 2. The second-order valence-electron chi connectivity index (χ2n) is 6.23. The number of esters is 2. The molecule has 2 aliphatic heterocycles. The summed E-state index contributed by atoms with van der Waals surface area (Å²) in [6, 6.07) is 9.84. The summed E-state index contributed by atoms with van der Waals surface area (Å²) in [5.41, 5.74) is 0.736. The van der Waals surface area contributed by atoms with Gasteiger partial charge in [-0.2, -0.15) is 0 Å². The summed E-state index contributed by atoms with van der Waals surface area (Å²) in [6.45, 7) is 2.08. The molecule has 0 N–H and O–H groups in total. The lowest BCUT2D eigenvalue weighted by Gasteiger charge is -2.33. The van der Waals surface area contributed by atoms with Crippen LogP contribution in [0.3, 0.4) is 0 Å². The number of fused-ring (bicyclic) bond motifs is 1. The summed E-state index contributed by atoms with van der Waals surface area (Å²) in [5, 5.41) is 1.83. The van der Waals surface area contributed by atoms with Crippen LogP contribution in [0.4, 0.5) is 0 Å². The van der Waals surface area contributed by atoms with Crippen LogP contribution < -0.4 is 0 Å². The van der Waals surface area contributed by atoms with Gasteiger partial charge >= 0.3 is 11.9 Å². The Balaban J connectivity index is 1.98. The summed E-state index contributed by atoms with van der Waals surface area (Å²) in [4.78, 5) is 29.8. The molecule has 1 aromatic rings. The van der Waals surface area contributed by atoms with Gasteiger partial charge < -0.3 is 14.3 Å². The minimum absolute atomic E-state index is 0.168. The highest BCUT2D eigenvalue weighted by Crippen LogP contribution is 2.50. The molecular formula is C18H21NO5. The largest absolute Gasteiger partial charge is 0.468 e. The van der Waals surface area contributed by atoms with Gasteiger partial charge in [-0.25, -0.2) is 4.79 Å². The zero-order chi connectivity index (χ0) is 17.3. The number of nitrogens with zero attached hydrogens (tertiary/aromatic N) is 1. The first-order valence-corrected chi connectivity index (χ1v) is 7.91. The lowest BCUT2D eigenvalue weighted by molar-refractivity contribution is -0.160. The van der Waals surface area contributed by atoms with Crippen molar-refractivity contribution in [2.24, 2.45) is 5.92 Å². The highest BCUT2D eigenvalue weighted by Gasteiger charge is 2.57. The highest BCUT2D eigenvalue weighted by molar-refractivity contribution is 5.85. The standard InChI is InChI=1S/C18H21NO5/c1-18(12-7-5-4-6-8-12)10-9-13-16(17(21)23-3)14(24-19(13)18)11-15(20)22-2/h4-8,11,13,16H,9-10H2,1-3H3/b14-11-/t13-,16-,18-/m1/s1. The van der Waals surface area contributed by atoms with E-state index in [2.05, 4.69) is 11.7 Å². The number of carbonyl (C=O) groups is 2. The van der Waals surface area contributed by atoms with E-state index in [4.69, 9.17) is 9.57 Å². The van der Waals surface area contributed by atoms with Crippen LogP contribution in [0.15, 0.2) is 42.2 Å². The quantitative estimate of drug-likeness (QED) is 0.625. The summed E-state index contributed by atoms with van der Waals surface area (Å²) < 4.78 is 9.59. The second kappa shape index (κ2) is 6.28. The van der Waals surface area contributed by atoms with Gasteiger partial charge in [-0.3, -0.25) is 4.79 Å². The fourth-order valence-corrected chi connectivity index (χ4v) is 3.61. The number of carbonyl (C=O) groups excluding carboxylic acids is 2. The molecule has 0 aliphatic carbocycles. The van der Waals surface area contributed by atoms with Crippen LogP contribution in [-0.4, -0.2) is 37.3 Å². The van der Waals surface area contributed by atoms with Gasteiger partial charge in [0.15, 0.2) is 0 Å². The molecular weight excluding hydrogens is 310 g/mol. The monoisotopic (exact) mass is 331 g/mol. The maximum atomic E-state index is 12.3. The molecule has 0 saturated carbocycles. The van der Waals surface area contributed by atoms with Crippen molar-refractivity contribution >= 4 is 11.9 Å². The average Bonchev–Trinajstić information content (AvgIpc) is 3.13. The third-order valence-corrected chi connectivity index (χ3v) is 4.92. The number of benzene rings is 1. The Morgan fingerprint density at radius 3 is 2.58 bits per heavy atom. The minimum atomic E-state index is -0.625. The molecule has 0 radical (unpaired) electrons. The first-order chi connectivity index (χ1) is 11.5. The van der Waals surface area contributed by atoms with Crippen molar-refractivity contribution in [2.75, 3.05) is 14.2 Å². The Kier molecular flexibility index (Phi) is 4.32. The third kappa shape index (κ3) is 2.57. The van der Waals surface area contributed by atoms with E-state index in [-0.39, 0.29) is 17.3 Å². The van der Waals surface area contributed by atoms with Crippen molar-refractivity contribution in [1.82, 2.24) is 5.06 Å². The fraction of sp³-hybridized carbons (Fsp3) is 0.444. The van der Waals surface area contributed by atoms with Gasteiger partial charge in [0.25, 0.3) is 0 Å². The van der Waals surface area contributed by atoms with Crippen LogP contribution in [0.25, 0.3) is 0 Å². The molecule has 0 amide bonds. The second-order valence-corrected chi connectivity index (χ2v) is 6.23. The molecule has 2 saturated heterocycles. The van der Waals surface area contributed by atoms with E-state index >= 15 is 0 Å². The lowest BCUT2D eigenvalue weighted by atomic mass is 9.90. The lowest BCUT2D eigenvalue weighted by Crippen LogP contribution is -2.40. The summed E-state index contributed by atoms with van der Waals surface area (Å²) in [5.74, 6) is -1.31. The van der Waals surface area contributed by atoms with Gasteiger partial charge in [0.1, 0.15) is 11.7 Å². The molecule has 3 rings (SSSR count). The van der Waals surface area contributed by atoms with E-state index in [1.54, 1.807) is 0 Å². The minimum Gasteiger partial charge on any atom is -0.468 e. The van der Waals surface area contributed by atoms with Crippen molar-refractivity contribution in [1.29, 1.82) is 0 Å². The number of rotatable bonds is 3. The number of hydrogen-bond acceptors (Lipinski definition) is 6. The van der Waals surface area contributed by atoms with Gasteiger partial charge in [-0.1, -0.05) is 30.3 Å². The predicted octanol–water partition coefficient (Wildman–Crippen LogP) is 2.16. The summed E-state index contributed by atoms with van der Waals surface area (Å²) in [7, 11) is 2.63. The van der Waals surface area contributed by atoms with E-state index in [0.29, 0.717) is 0 Å². The third-order valence-electron chi connectivity index (χ3n) is 4.92. The van der Waals surface area contributed by atoms with E-state index in [1.807, 2.05) is 35.4 Å². The smallest absolute Gasteiger partial charge is 0.333 e. The average molecular weight is 331 g/mol. The summed E-state index contributed by atoms with van der Waals surface area (Å²) >= 11 is 0. The van der Waals surface area contributed by atoms with E-state index in [9.17, 15) is 9.59 Å². The van der Waals surface area contributed by atoms with Crippen LogP contribution in [-0.2, 0) is 29.4 Å². The first kappa shape index (κ1) is 16.5. The maximum Gasteiger partial charge on any atom is 0.333 e. The Labute approximate surface area is 140 Å². The maximum absolute atomic E-state index is 12.3. The van der Waals surface area contributed by atoms with Crippen molar-refractivity contribution in [3.8, 4) is 0 Å². The molecule has 0 aromatic heterocycles. The molecule has 2 heterocycles. The first-order valence-electron chi connectivity index (χ1n) is 7.91. The molecule has 24 heavy (non-hydrogen) atoms. The number of ether oxygens (including phenoxy) is 2. The van der Waals surface area contributed by atoms with Crippen LogP contribution in [0, 0.1) is 5.92 Å². The molecule has 2 fully saturated rings. The summed E-state index contributed by atoms with van der Waals surface area (Å²) in [6.07, 6.45) is 2.84. The molecule has 0 spiro atoms. The SMILES string of the molecule is COC(=O)/C=C1\ON2[C@H](CC[C@]2(C)c2ccccc2)[C@H]1C(=O)OC. The molecule has 128 valence electrons. The van der Waals surface area contributed by atoms with E-state index in [0.717, 1.165) is 18.4 Å². The van der Waals surface area contributed by atoms with Crippen molar-refractivity contribution in [3.05, 3.63) is 47.7 Å². The Morgan fingerprint density at radius 1 is 1.25 bits per heavy atom. The van der Waals surface area contributed by atoms with Crippen LogP contribution in [0.5, 0.6) is 0 Å². The van der Waals surface area contributed by atoms with Crippen molar-refractivity contribution < 1.29 is 23.9 Å². The molecule has 3 atom stereocenters. The number of hydrogen-bond donors (Lipinski definition) is 0. The van der Waals surface area contributed by atoms with Crippen LogP contribution >= 0.6 is 0 Å². The highest BCUT2D eigenvalue weighted by atomic mass is 16.7. The predicted molar refractivity (Wildman–Crippen MR) is 85.3 cm³/mol. The van der Waals surface area contributed by atoms with Gasteiger partial charge in [0, 0.05) is 0 Å². The van der Waals surface area contributed by atoms with Crippen LogP contribution in [0.1, 0.15) is 25.3 Å². The molecule has 6 nitrogen and oxygen atoms in total. The van der Waals surface area contributed by atoms with Crippen molar-refractivity contribution in [3.63, 3.8) is 0 Å². The molecule has 1 aromatic carbocycles. The molecule has 2 aliphatic rings. The topological polar surface area (TPSA) is 65.1 Å². The van der Waals surface area contributed by atoms with Gasteiger partial charge in [0.05, 0.1) is 31.9 Å². The van der Waals surface area contributed by atoms with Crippen molar-refractivity contribution in [2.45, 2.75) is 31.3 Å². The number of hydroxylamine groups is 2. The molecule has 0 unspecified atom stereocenters. The normalized spacial score (nSPS) is 30.7. The Hall–Kier alpha value is -2.34. The Morgan fingerprint density at radius 2 is 1.96 bits per heavy atom. The fourth-order valence-electron chi connectivity index (χ4n) is 3.61. The molecule has 0 bridgehead atoms. The molecule has 6 heteroatoms. The van der Waals surface area contributed by atoms with Gasteiger partial charge in [0.2, 0.25) is 0 Å². The van der Waals surface area contributed by atoms with E-state index < -0.39 is 17.9 Å². The zero-order valence-corrected chi connectivity index (χ0v) is 14.0. The van der Waals surface area contributed by atoms with Crippen LogP contribution in [0.2, 0.25) is 0 Å². The van der Waals surface area contributed by atoms with E-state index in [1.165, 1.54) is 20.3 Å². The Bertz CT molecular complexity index is 671.